The van der Waals surface area contributed by atoms with Crippen molar-refractivity contribution in [1.82, 2.24) is 4.90 Å². The van der Waals surface area contributed by atoms with E-state index in [2.05, 4.69) is 12.1 Å². The van der Waals surface area contributed by atoms with E-state index in [9.17, 15) is 0 Å². The summed E-state index contributed by atoms with van der Waals surface area (Å²) >= 11 is 0. The molecular weight excluding hydrogens is 150 g/mol. The molecule has 0 N–H and O–H groups in total. The maximum absolute atomic E-state index is 8.67. The predicted molar refractivity (Wildman–Crippen MR) is 46.8 cm³/mol. The lowest BCUT2D eigenvalue weighted by Gasteiger charge is -2.11. The molecule has 1 atom stereocenters. The normalized spacial score (nSPS) is 12.9. The van der Waals surface area contributed by atoms with Crippen molar-refractivity contribution in [3.63, 3.8) is 0 Å². The van der Waals surface area contributed by atoms with Crippen molar-refractivity contribution >= 4 is 0 Å². The standard InChI is InChI=1S/C9H13N3/c1-8(4-5-10)6-9(7-11)12(2)3/h6,8H,4H2,1-3H3/b9-6+. The molecule has 0 radical (unpaired) electrons. The summed E-state index contributed by atoms with van der Waals surface area (Å²) in [6.07, 6.45) is 2.27. The molecule has 0 bridgehead atoms. The van der Waals surface area contributed by atoms with Crippen molar-refractivity contribution in [2.24, 2.45) is 5.92 Å². The highest BCUT2D eigenvalue weighted by Crippen LogP contribution is 2.07. The fraction of sp³-hybridized carbons (Fsp3) is 0.556. The Morgan fingerprint density at radius 3 is 2.42 bits per heavy atom. The highest BCUT2D eigenvalue weighted by Gasteiger charge is 2.01. The summed E-state index contributed by atoms with van der Waals surface area (Å²) in [6, 6.07) is 4.13. The Bertz CT molecular complexity index is 239. The summed E-state index contributed by atoms with van der Waals surface area (Å²) in [6.45, 7) is 1.92. The van der Waals surface area contributed by atoms with Gasteiger partial charge < -0.3 is 4.90 Å². The number of rotatable bonds is 3. The molecule has 0 saturated heterocycles. The minimum absolute atomic E-state index is 0.145. The summed E-state index contributed by atoms with van der Waals surface area (Å²) in [5.74, 6) is 0.145. The van der Waals surface area contributed by atoms with Crippen LogP contribution < -0.4 is 0 Å². The molecule has 0 aromatic carbocycles. The average Bonchev–Trinajstić information content (AvgIpc) is 2.00. The van der Waals surface area contributed by atoms with E-state index in [0.29, 0.717) is 12.1 Å². The molecule has 0 spiro atoms. The van der Waals surface area contributed by atoms with Crippen LogP contribution in [0.2, 0.25) is 0 Å². The zero-order chi connectivity index (χ0) is 9.56. The van der Waals surface area contributed by atoms with Crippen molar-refractivity contribution in [1.29, 1.82) is 10.5 Å². The van der Waals surface area contributed by atoms with Crippen LogP contribution in [0, 0.1) is 28.6 Å². The van der Waals surface area contributed by atoms with Gasteiger partial charge >= 0.3 is 0 Å². The lowest BCUT2D eigenvalue weighted by atomic mass is 10.1. The molecule has 0 aliphatic rings. The second kappa shape index (κ2) is 5.21. The minimum atomic E-state index is 0.145. The van der Waals surface area contributed by atoms with Gasteiger partial charge in [0, 0.05) is 20.5 Å². The number of allylic oxidation sites excluding steroid dienone is 2. The predicted octanol–water partition coefficient (Wildman–Crippen LogP) is 1.51. The summed E-state index contributed by atoms with van der Waals surface area (Å²) in [5, 5.41) is 17.1. The van der Waals surface area contributed by atoms with Crippen LogP contribution in [0.3, 0.4) is 0 Å². The maximum atomic E-state index is 8.67. The number of nitriles is 2. The topological polar surface area (TPSA) is 50.8 Å². The van der Waals surface area contributed by atoms with Crippen molar-refractivity contribution in [3.8, 4) is 12.1 Å². The summed E-state index contributed by atoms with van der Waals surface area (Å²) in [7, 11) is 3.63. The molecule has 0 aromatic rings. The minimum Gasteiger partial charge on any atom is -0.369 e. The molecule has 0 aliphatic carbocycles. The highest BCUT2D eigenvalue weighted by molar-refractivity contribution is 5.19. The SMILES string of the molecule is CC(/C=C(\C#N)N(C)C)CC#N. The highest BCUT2D eigenvalue weighted by atomic mass is 15.1. The van der Waals surface area contributed by atoms with Crippen LogP contribution in [0.4, 0.5) is 0 Å². The third-order valence-electron chi connectivity index (χ3n) is 1.45. The van der Waals surface area contributed by atoms with Gasteiger partial charge in [-0.15, -0.1) is 0 Å². The fourth-order valence-electron chi connectivity index (χ4n) is 0.759. The van der Waals surface area contributed by atoms with Gasteiger partial charge in [0.2, 0.25) is 0 Å². The third kappa shape index (κ3) is 3.63. The van der Waals surface area contributed by atoms with Crippen LogP contribution in [0.15, 0.2) is 11.8 Å². The van der Waals surface area contributed by atoms with Crippen molar-refractivity contribution in [2.45, 2.75) is 13.3 Å². The lowest BCUT2D eigenvalue weighted by Crippen LogP contribution is -2.10. The van der Waals surface area contributed by atoms with E-state index in [4.69, 9.17) is 10.5 Å². The van der Waals surface area contributed by atoms with Crippen LogP contribution >= 0.6 is 0 Å². The Hall–Kier alpha value is -1.48. The molecular formula is C9H13N3. The van der Waals surface area contributed by atoms with Crippen LogP contribution in [0.1, 0.15) is 13.3 Å². The molecule has 0 aromatic heterocycles. The first-order chi connectivity index (χ1) is 5.61. The molecule has 0 fully saturated rings. The monoisotopic (exact) mass is 163 g/mol. The second-order valence-corrected chi connectivity index (χ2v) is 2.90. The summed E-state index contributed by atoms with van der Waals surface area (Å²) in [4.78, 5) is 1.74. The Morgan fingerprint density at radius 2 is 2.08 bits per heavy atom. The van der Waals surface area contributed by atoms with E-state index in [1.165, 1.54) is 0 Å². The molecule has 0 heterocycles. The van der Waals surface area contributed by atoms with Gasteiger partial charge in [0.1, 0.15) is 11.8 Å². The Labute approximate surface area is 73.5 Å². The molecule has 0 rings (SSSR count). The zero-order valence-electron chi connectivity index (χ0n) is 7.70. The van der Waals surface area contributed by atoms with E-state index in [1.54, 1.807) is 4.90 Å². The average molecular weight is 163 g/mol. The van der Waals surface area contributed by atoms with Crippen molar-refractivity contribution in [3.05, 3.63) is 11.8 Å². The van der Waals surface area contributed by atoms with Gasteiger partial charge in [0.05, 0.1) is 6.07 Å². The Kier molecular flexibility index (Phi) is 4.57. The maximum Gasteiger partial charge on any atom is 0.117 e. The molecule has 3 heteroatoms. The van der Waals surface area contributed by atoms with Crippen molar-refractivity contribution in [2.75, 3.05) is 14.1 Å². The summed E-state index contributed by atoms with van der Waals surface area (Å²) < 4.78 is 0. The van der Waals surface area contributed by atoms with Crippen LogP contribution in [-0.2, 0) is 0 Å². The van der Waals surface area contributed by atoms with Gasteiger partial charge in [-0.05, 0) is 12.0 Å². The van der Waals surface area contributed by atoms with Gasteiger partial charge in [-0.25, -0.2) is 0 Å². The molecule has 1 unspecified atom stereocenters. The first-order valence-corrected chi connectivity index (χ1v) is 3.78. The first kappa shape index (κ1) is 10.5. The van der Waals surface area contributed by atoms with Gasteiger partial charge in [0.15, 0.2) is 0 Å². The molecule has 0 amide bonds. The van der Waals surface area contributed by atoms with Crippen molar-refractivity contribution < 1.29 is 0 Å². The van der Waals surface area contributed by atoms with E-state index in [-0.39, 0.29) is 5.92 Å². The first-order valence-electron chi connectivity index (χ1n) is 3.78. The molecule has 64 valence electrons. The van der Waals surface area contributed by atoms with Crippen LogP contribution in [0.5, 0.6) is 0 Å². The zero-order valence-corrected chi connectivity index (χ0v) is 7.70. The van der Waals surface area contributed by atoms with Gasteiger partial charge in [0.25, 0.3) is 0 Å². The quantitative estimate of drug-likeness (QED) is 0.592. The number of nitrogens with zero attached hydrogens (tertiary/aromatic N) is 3. The summed E-state index contributed by atoms with van der Waals surface area (Å²) in [5.41, 5.74) is 0.609. The molecule has 12 heavy (non-hydrogen) atoms. The number of hydrogen-bond acceptors (Lipinski definition) is 3. The van der Waals surface area contributed by atoms with Gasteiger partial charge in [-0.3, -0.25) is 0 Å². The van der Waals surface area contributed by atoms with E-state index < -0.39 is 0 Å². The Morgan fingerprint density at radius 1 is 1.50 bits per heavy atom. The molecule has 3 nitrogen and oxygen atoms in total. The largest absolute Gasteiger partial charge is 0.369 e. The smallest absolute Gasteiger partial charge is 0.117 e. The lowest BCUT2D eigenvalue weighted by molar-refractivity contribution is 0.523. The van der Waals surface area contributed by atoms with Gasteiger partial charge in [-0.1, -0.05) is 6.92 Å². The van der Waals surface area contributed by atoms with Crippen LogP contribution in [-0.4, -0.2) is 19.0 Å². The van der Waals surface area contributed by atoms with Crippen LogP contribution in [0.25, 0.3) is 0 Å². The van der Waals surface area contributed by atoms with Gasteiger partial charge in [-0.2, -0.15) is 10.5 Å². The van der Waals surface area contributed by atoms with E-state index >= 15 is 0 Å². The number of hydrogen-bond donors (Lipinski definition) is 0. The molecule has 0 aliphatic heterocycles. The van der Waals surface area contributed by atoms with E-state index in [0.717, 1.165) is 0 Å². The fourth-order valence-corrected chi connectivity index (χ4v) is 0.759. The Balaban J connectivity index is 4.32. The third-order valence-corrected chi connectivity index (χ3v) is 1.45. The van der Waals surface area contributed by atoms with E-state index in [1.807, 2.05) is 27.1 Å². The second-order valence-electron chi connectivity index (χ2n) is 2.90. The molecule has 0 saturated carbocycles.